The minimum Gasteiger partial charge on any atom is -0.468 e. The molecule has 0 fully saturated rings. The molecular formula is C10H16N4O3. The molecule has 1 amide bonds. The number of hydrogen-bond donors (Lipinski definition) is 0. The highest BCUT2D eigenvalue weighted by molar-refractivity contribution is 5.81. The summed E-state index contributed by atoms with van der Waals surface area (Å²) in [5.41, 5.74) is 0. The van der Waals surface area contributed by atoms with E-state index in [1.165, 1.54) is 18.3 Å². The van der Waals surface area contributed by atoms with Gasteiger partial charge < -0.3 is 9.64 Å². The summed E-state index contributed by atoms with van der Waals surface area (Å²) in [7, 11) is 1.30. The van der Waals surface area contributed by atoms with Crippen LogP contribution in [0.4, 0.5) is 0 Å². The van der Waals surface area contributed by atoms with Crippen molar-refractivity contribution in [3.63, 3.8) is 0 Å². The Morgan fingerprint density at radius 1 is 1.47 bits per heavy atom. The fraction of sp³-hybridized carbons (Fsp3) is 0.600. The van der Waals surface area contributed by atoms with Crippen molar-refractivity contribution in [3.05, 3.63) is 12.7 Å². The van der Waals surface area contributed by atoms with Gasteiger partial charge in [-0.2, -0.15) is 5.10 Å². The highest BCUT2D eigenvalue weighted by Gasteiger charge is 2.15. The Labute approximate surface area is 99.4 Å². The Balaban J connectivity index is 2.41. The lowest BCUT2D eigenvalue weighted by molar-refractivity contribution is -0.147. The van der Waals surface area contributed by atoms with Gasteiger partial charge in [0.15, 0.2) is 0 Å². The molecule has 1 rings (SSSR count). The van der Waals surface area contributed by atoms with E-state index >= 15 is 0 Å². The van der Waals surface area contributed by atoms with Crippen molar-refractivity contribution in [2.24, 2.45) is 0 Å². The Morgan fingerprint density at radius 2 is 2.24 bits per heavy atom. The molecule has 94 valence electrons. The molecule has 0 aliphatic heterocycles. The third-order valence-electron chi connectivity index (χ3n) is 2.30. The molecule has 0 aliphatic rings. The molecule has 0 radical (unpaired) electrons. The van der Waals surface area contributed by atoms with Gasteiger partial charge in [-0.3, -0.25) is 14.3 Å². The van der Waals surface area contributed by atoms with Gasteiger partial charge in [-0.25, -0.2) is 4.98 Å². The van der Waals surface area contributed by atoms with Crippen LogP contribution >= 0.6 is 0 Å². The number of ether oxygens (including phenoxy) is 1. The van der Waals surface area contributed by atoms with Crippen LogP contribution in [-0.4, -0.2) is 51.7 Å². The monoisotopic (exact) mass is 240 g/mol. The van der Waals surface area contributed by atoms with Crippen LogP contribution in [0.15, 0.2) is 12.7 Å². The highest BCUT2D eigenvalue weighted by Crippen LogP contribution is 1.97. The number of carbonyl (C=O) groups excluding carboxylic acids is 2. The molecule has 7 heteroatoms. The normalized spacial score (nSPS) is 10.0. The topological polar surface area (TPSA) is 77.3 Å². The Morgan fingerprint density at radius 3 is 2.76 bits per heavy atom. The maximum Gasteiger partial charge on any atom is 0.325 e. The Hall–Kier alpha value is -1.92. The zero-order chi connectivity index (χ0) is 12.7. The average Bonchev–Trinajstić information content (AvgIpc) is 2.85. The summed E-state index contributed by atoms with van der Waals surface area (Å²) < 4.78 is 6.10. The van der Waals surface area contributed by atoms with Gasteiger partial charge in [-0.15, -0.1) is 0 Å². The van der Waals surface area contributed by atoms with E-state index in [0.29, 0.717) is 13.1 Å². The van der Waals surface area contributed by atoms with Crippen molar-refractivity contribution in [3.8, 4) is 0 Å². The van der Waals surface area contributed by atoms with Crippen LogP contribution in [0.3, 0.4) is 0 Å². The van der Waals surface area contributed by atoms with Crippen molar-refractivity contribution in [1.82, 2.24) is 19.7 Å². The number of aromatic nitrogens is 3. The van der Waals surface area contributed by atoms with Gasteiger partial charge >= 0.3 is 5.97 Å². The van der Waals surface area contributed by atoms with Gasteiger partial charge in [0.1, 0.15) is 19.2 Å². The molecule has 0 aromatic carbocycles. The highest BCUT2D eigenvalue weighted by atomic mass is 16.5. The van der Waals surface area contributed by atoms with Gasteiger partial charge in [0.05, 0.1) is 13.7 Å². The van der Waals surface area contributed by atoms with E-state index < -0.39 is 5.97 Å². The number of aryl methyl sites for hydroxylation is 1. The fourth-order valence-corrected chi connectivity index (χ4v) is 1.31. The maximum atomic E-state index is 11.8. The number of rotatable bonds is 6. The van der Waals surface area contributed by atoms with E-state index in [2.05, 4.69) is 14.8 Å². The van der Waals surface area contributed by atoms with Crippen LogP contribution in [0.2, 0.25) is 0 Å². The summed E-state index contributed by atoms with van der Waals surface area (Å²) in [4.78, 5) is 28.1. The number of likely N-dealkylation sites (N-methyl/N-ethyl adjacent to an activating group) is 1. The molecule has 0 spiro atoms. The molecule has 0 saturated heterocycles. The average molecular weight is 240 g/mol. The van der Waals surface area contributed by atoms with E-state index in [0.717, 1.165) is 0 Å². The molecule has 7 nitrogen and oxygen atoms in total. The quantitative estimate of drug-likeness (QED) is 0.637. The largest absolute Gasteiger partial charge is 0.468 e. The molecule has 0 bridgehead atoms. The molecule has 0 saturated carbocycles. The molecular weight excluding hydrogens is 224 g/mol. The predicted molar refractivity (Wildman–Crippen MR) is 58.9 cm³/mol. The fourth-order valence-electron chi connectivity index (χ4n) is 1.31. The summed E-state index contributed by atoms with van der Waals surface area (Å²) in [5.74, 6) is -0.519. The Kier molecular flexibility index (Phi) is 5.12. The third kappa shape index (κ3) is 4.21. The summed E-state index contributed by atoms with van der Waals surface area (Å²) in [5, 5.41) is 3.89. The first kappa shape index (κ1) is 13.1. The number of amides is 1. The summed E-state index contributed by atoms with van der Waals surface area (Å²) in [6.07, 6.45) is 3.24. The second-order valence-electron chi connectivity index (χ2n) is 3.39. The van der Waals surface area contributed by atoms with Gasteiger partial charge in [-0.1, -0.05) is 0 Å². The maximum absolute atomic E-state index is 11.8. The second kappa shape index (κ2) is 6.62. The van der Waals surface area contributed by atoms with Gasteiger partial charge in [0, 0.05) is 13.0 Å². The summed E-state index contributed by atoms with van der Waals surface area (Å²) in [6, 6.07) is 0. The van der Waals surface area contributed by atoms with E-state index in [-0.39, 0.29) is 18.9 Å². The first-order valence-electron chi connectivity index (χ1n) is 5.34. The minimum atomic E-state index is -0.416. The first-order chi connectivity index (χ1) is 8.17. The van der Waals surface area contributed by atoms with E-state index in [1.807, 2.05) is 6.92 Å². The number of methoxy groups -OCH3 is 1. The lowest BCUT2D eigenvalue weighted by atomic mass is 10.3. The summed E-state index contributed by atoms with van der Waals surface area (Å²) >= 11 is 0. The van der Waals surface area contributed by atoms with E-state index in [1.54, 1.807) is 11.0 Å². The number of nitrogens with zero attached hydrogens (tertiary/aromatic N) is 4. The minimum absolute atomic E-state index is 0.0107. The standard InChI is InChI=1S/C10H16N4O3/c1-3-13(6-10(16)17-2)9(15)4-5-14-8-11-7-12-14/h7-8H,3-6H2,1-2H3. The lowest BCUT2D eigenvalue weighted by Crippen LogP contribution is -2.36. The number of carbonyl (C=O) groups is 2. The molecule has 0 unspecified atom stereocenters. The van der Waals surface area contributed by atoms with Crippen LogP contribution in [0.5, 0.6) is 0 Å². The van der Waals surface area contributed by atoms with Crippen molar-refractivity contribution >= 4 is 11.9 Å². The van der Waals surface area contributed by atoms with Crippen LogP contribution in [0.25, 0.3) is 0 Å². The molecule has 0 N–H and O–H groups in total. The molecule has 1 heterocycles. The molecule has 0 aliphatic carbocycles. The van der Waals surface area contributed by atoms with Crippen molar-refractivity contribution in [2.45, 2.75) is 19.9 Å². The van der Waals surface area contributed by atoms with Crippen LogP contribution < -0.4 is 0 Å². The zero-order valence-electron chi connectivity index (χ0n) is 10.00. The zero-order valence-corrected chi connectivity index (χ0v) is 10.00. The first-order valence-corrected chi connectivity index (χ1v) is 5.34. The van der Waals surface area contributed by atoms with Gasteiger partial charge in [0.2, 0.25) is 5.91 Å². The number of hydrogen-bond acceptors (Lipinski definition) is 5. The van der Waals surface area contributed by atoms with Crippen LogP contribution in [0, 0.1) is 0 Å². The van der Waals surface area contributed by atoms with E-state index in [4.69, 9.17) is 0 Å². The van der Waals surface area contributed by atoms with Gasteiger partial charge in [0.25, 0.3) is 0 Å². The second-order valence-corrected chi connectivity index (χ2v) is 3.39. The van der Waals surface area contributed by atoms with Crippen molar-refractivity contribution in [1.29, 1.82) is 0 Å². The molecule has 0 atom stereocenters. The molecule has 1 aromatic rings. The smallest absolute Gasteiger partial charge is 0.325 e. The molecule has 1 aromatic heterocycles. The predicted octanol–water partition coefficient (Wildman–Crippen LogP) is -0.310. The lowest BCUT2D eigenvalue weighted by Gasteiger charge is -2.19. The third-order valence-corrected chi connectivity index (χ3v) is 2.30. The number of esters is 1. The van der Waals surface area contributed by atoms with Gasteiger partial charge in [-0.05, 0) is 6.92 Å². The van der Waals surface area contributed by atoms with E-state index in [9.17, 15) is 9.59 Å². The molecule has 17 heavy (non-hydrogen) atoms. The Bertz CT molecular complexity index is 364. The summed E-state index contributed by atoms with van der Waals surface area (Å²) in [6.45, 7) is 2.74. The van der Waals surface area contributed by atoms with Crippen LogP contribution in [0.1, 0.15) is 13.3 Å². The van der Waals surface area contributed by atoms with Crippen molar-refractivity contribution in [2.75, 3.05) is 20.2 Å². The van der Waals surface area contributed by atoms with Crippen LogP contribution in [-0.2, 0) is 20.9 Å². The van der Waals surface area contributed by atoms with Crippen molar-refractivity contribution < 1.29 is 14.3 Å². The SMILES string of the molecule is CCN(CC(=O)OC)C(=O)CCn1cncn1.